The molecule has 2 aromatic heterocycles. The van der Waals surface area contributed by atoms with Crippen LogP contribution in [0.5, 0.6) is 0 Å². The number of imidazole rings is 1. The first-order valence-corrected chi connectivity index (χ1v) is 10.7. The molecule has 28 heavy (non-hydrogen) atoms. The lowest BCUT2D eigenvalue weighted by molar-refractivity contribution is 0.150. The maximum absolute atomic E-state index is 12.9. The second-order valence-corrected chi connectivity index (χ2v) is 8.69. The molecular formula is C19H15ClF2N4S2. The van der Waals surface area contributed by atoms with Crippen LogP contribution in [0.2, 0.25) is 0 Å². The SMILES string of the molecule is Cc1nc(-c2nnc(C(F)F)s2)n2c1C(Cl)=CC(SCc1ccccc1)C=C2. The van der Waals surface area contributed by atoms with E-state index in [-0.39, 0.29) is 10.3 Å². The molecule has 1 atom stereocenters. The van der Waals surface area contributed by atoms with Gasteiger partial charge in [0, 0.05) is 17.2 Å². The van der Waals surface area contributed by atoms with Gasteiger partial charge in [-0.05, 0) is 18.6 Å². The lowest BCUT2D eigenvalue weighted by Gasteiger charge is -2.07. The van der Waals surface area contributed by atoms with Crippen molar-refractivity contribution in [2.24, 2.45) is 0 Å². The topological polar surface area (TPSA) is 43.6 Å². The summed E-state index contributed by atoms with van der Waals surface area (Å²) in [6.07, 6.45) is 3.23. The molecule has 144 valence electrons. The van der Waals surface area contributed by atoms with Gasteiger partial charge in [-0.1, -0.05) is 59.3 Å². The zero-order valence-electron chi connectivity index (χ0n) is 14.7. The van der Waals surface area contributed by atoms with Crippen molar-refractivity contribution in [3.8, 4) is 10.8 Å². The van der Waals surface area contributed by atoms with E-state index in [1.165, 1.54) is 5.56 Å². The summed E-state index contributed by atoms with van der Waals surface area (Å²) in [7, 11) is 0. The van der Waals surface area contributed by atoms with Gasteiger partial charge in [0.15, 0.2) is 15.8 Å². The molecule has 1 aromatic carbocycles. The van der Waals surface area contributed by atoms with Crippen LogP contribution in [-0.2, 0) is 5.75 Å². The second kappa shape index (κ2) is 8.14. The molecule has 0 radical (unpaired) electrons. The fraction of sp³-hybridized carbons (Fsp3) is 0.211. The van der Waals surface area contributed by atoms with Crippen LogP contribution >= 0.6 is 34.7 Å². The minimum atomic E-state index is -2.65. The van der Waals surface area contributed by atoms with Crippen molar-refractivity contribution in [2.45, 2.75) is 24.4 Å². The molecule has 0 spiro atoms. The summed E-state index contributed by atoms with van der Waals surface area (Å²) in [6, 6.07) is 10.2. The minimum Gasteiger partial charge on any atom is -0.296 e. The Morgan fingerprint density at radius 2 is 2.04 bits per heavy atom. The second-order valence-electron chi connectivity index (χ2n) is 6.10. The molecule has 4 nitrogen and oxygen atoms in total. The standard InChI is InChI=1S/C19H15ClF2N4S2/c1-11-15-14(20)9-13(27-10-12-5-3-2-4-6-12)7-8-26(15)17(23-11)19-25-24-18(28-19)16(21)22/h2-9,13,16H,10H2,1H3. The first-order valence-electron chi connectivity index (χ1n) is 8.45. The van der Waals surface area contributed by atoms with Crippen LogP contribution in [0.3, 0.4) is 0 Å². The minimum absolute atomic E-state index is 0.0749. The monoisotopic (exact) mass is 436 g/mol. The maximum atomic E-state index is 12.9. The first-order chi connectivity index (χ1) is 13.5. The van der Waals surface area contributed by atoms with Crippen molar-refractivity contribution >= 4 is 45.9 Å². The molecule has 1 unspecified atom stereocenters. The van der Waals surface area contributed by atoms with E-state index in [1.54, 1.807) is 16.3 Å². The number of aromatic nitrogens is 4. The Morgan fingerprint density at radius 1 is 1.25 bits per heavy atom. The summed E-state index contributed by atoms with van der Waals surface area (Å²) < 4.78 is 27.6. The van der Waals surface area contributed by atoms with Crippen LogP contribution in [0, 0.1) is 6.92 Å². The number of alkyl halides is 2. The van der Waals surface area contributed by atoms with E-state index < -0.39 is 6.43 Å². The van der Waals surface area contributed by atoms with Crippen LogP contribution in [0.1, 0.15) is 28.4 Å². The van der Waals surface area contributed by atoms with E-state index >= 15 is 0 Å². The van der Waals surface area contributed by atoms with Gasteiger partial charge in [-0.15, -0.1) is 22.0 Å². The third-order valence-corrected chi connectivity index (χ3v) is 6.56. The summed E-state index contributed by atoms with van der Waals surface area (Å²) in [5.41, 5.74) is 2.69. The molecule has 1 aliphatic heterocycles. The summed E-state index contributed by atoms with van der Waals surface area (Å²) in [4.78, 5) is 4.49. The number of hydrogen-bond acceptors (Lipinski definition) is 5. The van der Waals surface area contributed by atoms with E-state index in [2.05, 4.69) is 27.3 Å². The van der Waals surface area contributed by atoms with Gasteiger partial charge >= 0.3 is 0 Å². The number of hydrogen-bond donors (Lipinski definition) is 0. The maximum Gasteiger partial charge on any atom is 0.291 e. The molecule has 0 amide bonds. The summed E-state index contributed by atoms with van der Waals surface area (Å²) in [5.74, 6) is 1.32. The van der Waals surface area contributed by atoms with E-state index in [0.717, 1.165) is 22.8 Å². The van der Waals surface area contributed by atoms with Gasteiger partial charge < -0.3 is 0 Å². The molecule has 4 rings (SSSR count). The van der Waals surface area contributed by atoms with Gasteiger partial charge in [0.2, 0.25) is 0 Å². The molecule has 9 heteroatoms. The van der Waals surface area contributed by atoms with Crippen molar-refractivity contribution in [1.82, 2.24) is 19.7 Å². The van der Waals surface area contributed by atoms with Gasteiger partial charge in [-0.3, -0.25) is 4.57 Å². The van der Waals surface area contributed by atoms with Crippen LogP contribution in [0.25, 0.3) is 22.1 Å². The molecule has 0 fully saturated rings. The summed E-state index contributed by atoms with van der Waals surface area (Å²) in [6.45, 7) is 1.84. The Labute approximate surface area is 174 Å². The third-order valence-electron chi connectivity index (χ3n) is 4.15. The zero-order valence-corrected chi connectivity index (χ0v) is 17.1. The van der Waals surface area contributed by atoms with Crippen LogP contribution < -0.4 is 0 Å². The molecule has 0 N–H and O–H groups in total. The number of nitrogens with zero attached hydrogens (tertiary/aromatic N) is 4. The highest BCUT2D eigenvalue weighted by molar-refractivity contribution is 7.99. The van der Waals surface area contributed by atoms with Crippen molar-refractivity contribution in [3.63, 3.8) is 0 Å². The number of rotatable bonds is 5. The number of benzene rings is 1. The molecule has 0 aliphatic carbocycles. The summed E-state index contributed by atoms with van der Waals surface area (Å²) >= 11 is 9.17. The fourth-order valence-corrected chi connectivity index (χ4v) is 4.98. The van der Waals surface area contributed by atoms with Crippen LogP contribution in [0.15, 0.2) is 42.5 Å². The highest BCUT2D eigenvalue weighted by Crippen LogP contribution is 2.36. The molecule has 3 aromatic rings. The average Bonchev–Trinajstić information content (AvgIpc) is 3.25. The van der Waals surface area contributed by atoms with Gasteiger partial charge in [-0.25, -0.2) is 13.8 Å². The Balaban J connectivity index is 1.63. The normalized spacial score (nSPS) is 16.2. The summed E-state index contributed by atoms with van der Waals surface area (Å²) in [5, 5.41) is 8.12. The largest absolute Gasteiger partial charge is 0.296 e. The van der Waals surface area contributed by atoms with Gasteiger partial charge in [0.25, 0.3) is 6.43 Å². The predicted octanol–water partition coefficient (Wildman–Crippen LogP) is 6.01. The number of halogens is 3. The van der Waals surface area contributed by atoms with Gasteiger partial charge in [0.1, 0.15) is 0 Å². The van der Waals surface area contributed by atoms with Crippen molar-refractivity contribution in [1.29, 1.82) is 0 Å². The predicted molar refractivity (Wildman–Crippen MR) is 112 cm³/mol. The van der Waals surface area contributed by atoms with Crippen LogP contribution in [-0.4, -0.2) is 25.0 Å². The molecule has 0 saturated heterocycles. The third kappa shape index (κ3) is 3.90. The molecule has 3 heterocycles. The zero-order chi connectivity index (χ0) is 19.7. The number of thioether (sulfide) groups is 1. The van der Waals surface area contributed by atoms with Crippen molar-refractivity contribution in [2.75, 3.05) is 0 Å². The highest BCUT2D eigenvalue weighted by atomic mass is 35.5. The average molecular weight is 437 g/mol. The van der Waals surface area contributed by atoms with Gasteiger partial charge in [0.05, 0.1) is 16.4 Å². The van der Waals surface area contributed by atoms with E-state index in [9.17, 15) is 8.78 Å². The Hall–Kier alpha value is -2.03. The molecule has 1 aliphatic rings. The number of fused-ring (bicyclic) bond motifs is 1. The van der Waals surface area contributed by atoms with Crippen LogP contribution in [0.4, 0.5) is 8.78 Å². The lowest BCUT2D eigenvalue weighted by Crippen LogP contribution is -1.95. The quantitative estimate of drug-likeness (QED) is 0.491. The molecule has 0 saturated carbocycles. The first kappa shape index (κ1) is 19.3. The fourth-order valence-electron chi connectivity index (χ4n) is 2.86. The Kier molecular flexibility index (Phi) is 5.61. The van der Waals surface area contributed by atoms with E-state index in [1.807, 2.05) is 43.5 Å². The Bertz CT molecular complexity index is 1040. The molecule has 0 bridgehead atoms. The highest BCUT2D eigenvalue weighted by Gasteiger charge is 2.24. The van der Waals surface area contributed by atoms with Gasteiger partial charge in [-0.2, -0.15) is 0 Å². The van der Waals surface area contributed by atoms with Crippen molar-refractivity contribution in [3.05, 3.63) is 64.4 Å². The lowest BCUT2D eigenvalue weighted by atomic mass is 10.2. The Morgan fingerprint density at radius 3 is 2.75 bits per heavy atom. The smallest absolute Gasteiger partial charge is 0.291 e. The van der Waals surface area contributed by atoms with E-state index in [4.69, 9.17) is 11.6 Å². The van der Waals surface area contributed by atoms with Crippen molar-refractivity contribution < 1.29 is 8.78 Å². The number of aryl methyl sites for hydroxylation is 1. The molecular weight excluding hydrogens is 422 g/mol. The van der Waals surface area contributed by atoms with E-state index in [0.29, 0.717) is 21.6 Å².